The summed E-state index contributed by atoms with van der Waals surface area (Å²) in [5, 5.41) is 8.80. The summed E-state index contributed by atoms with van der Waals surface area (Å²) < 4.78 is 5.77. The topological polar surface area (TPSA) is 53.0 Å². The van der Waals surface area contributed by atoms with Crippen LogP contribution in [0.1, 0.15) is 58.3 Å². The van der Waals surface area contributed by atoms with Gasteiger partial charge >= 0.3 is 0 Å². The molecule has 0 spiro atoms. The van der Waals surface area contributed by atoms with E-state index in [9.17, 15) is 4.79 Å². The largest absolute Gasteiger partial charge is 0.396 e. The molecule has 0 aromatic carbocycles. The van der Waals surface area contributed by atoms with Crippen molar-refractivity contribution in [2.75, 3.05) is 33.4 Å². The molecule has 1 saturated heterocycles. The number of carbonyl (C=O) groups is 1. The highest BCUT2D eigenvalue weighted by atomic mass is 16.5. The molecule has 5 nitrogen and oxygen atoms in total. The number of hydrogen-bond donors (Lipinski definition) is 1. The number of likely N-dealkylation sites (tertiary alicyclic amines) is 1. The number of ether oxygens (including phenoxy) is 1. The molecule has 0 bridgehead atoms. The first-order valence-corrected chi connectivity index (χ1v) is 9.36. The molecule has 1 aliphatic carbocycles. The SMILES string of the molecule is CC(C(=O)N(C)C1CCCCC1)N1CCC(OCCCO)CC1. The molecule has 0 aromatic rings. The quantitative estimate of drug-likeness (QED) is 0.727. The Labute approximate surface area is 141 Å². The molecule has 5 heteroatoms. The number of aliphatic hydroxyl groups excluding tert-OH is 1. The van der Waals surface area contributed by atoms with Crippen LogP contribution in [0.4, 0.5) is 0 Å². The Bertz CT molecular complexity index is 350. The molecule has 23 heavy (non-hydrogen) atoms. The highest BCUT2D eigenvalue weighted by Gasteiger charge is 2.31. The van der Waals surface area contributed by atoms with E-state index in [0.717, 1.165) is 38.8 Å². The Morgan fingerprint density at radius 2 is 1.87 bits per heavy atom. The van der Waals surface area contributed by atoms with Gasteiger partial charge in [0, 0.05) is 39.4 Å². The third-order valence-corrected chi connectivity index (χ3v) is 5.51. The summed E-state index contributed by atoms with van der Waals surface area (Å²) in [7, 11) is 1.99. The molecule has 1 N–H and O–H groups in total. The molecule has 1 heterocycles. The minimum absolute atomic E-state index is 0.0275. The minimum Gasteiger partial charge on any atom is -0.396 e. The van der Waals surface area contributed by atoms with Gasteiger partial charge in [-0.3, -0.25) is 9.69 Å². The number of likely N-dealkylation sites (N-methyl/N-ethyl adjacent to an activating group) is 1. The van der Waals surface area contributed by atoms with E-state index in [0.29, 0.717) is 19.1 Å². The third kappa shape index (κ3) is 5.44. The predicted molar refractivity (Wildman–Crippen MR) is 91.4 cm³/mol. The molecule has 1 saturated carbocycles. The molecule has 0 radical (unpaired) electrons. The van der Waals surface area contributed by atoms with Crippen LogP contribution in [-0.2, 0) is 9.53 Å². The van der Waals surface area contributed by atoms with Crippen LogP contribution in [0.25, 0.3) is 0 Å². The Morgan fingerprint density at radius 3 is 2.48 bits per heavy atom. The molecule has 2 aliphatic rings. The van der Waals surface area contributed by atoms with Crippen LogP contribution < -0.4 is 0 Å². The van der Waals surface area contributed by atoms with E-state index < -0.39 is 0 Å². The van der Waals surface area contributed by atoms with E-state index in [1.807, 2.05) is 11.9 Å². The van der Waals surface area contributed by atoms with Crippen molar-refractivity contribution in [3.63, 3.8) is 0 Å². The zero-order valence-corrected chi connectivity index (χ0v) is 14.9. The van der Waals surface area contributed by atoms with Gasteiger partial charge in [0.25, 0.3) is 0 Å². The smallest absolute Gasteiger partial charge is 0.239 e. The van der Waals surface area contributed by atoms with Crippen molar-refractivity contribution in [3.8, 4) is 0 Å². The fourth-order valence-electron chi connectivity index (χ4n) is 3.84. The maximum absolute atomic E-state index is 12.8. The highest BCUT2D eigenvalue weighted by molar-refractivity contribution is 5.81. The van der Waals surface area contributed by atoms with Crippen molar-refractivity contribution < 1.29 is 14.6 Å². The molecule has 1 amide bonds. The zero-order chi connectivity index (χ0) is 16.7. The fourth-order valence-corrected chi connectivity index (χ4v) is 3.84. The molecule has 1 atom stereocenters. The number of amides is 1. The monoisotopic (exact) mass is 326 g/mol. The summed E-state index contributed by atoms with van der Waals surface area (Å²) in [5.74, 6) is 0.275. The van der Waals surface area contributed by atoms with Gasteiger partial charge in [0.1, 0.15) is 0 Å². The van der Waals surface area contributed by atoms with Gasteiger partial charge < -0.3 is 14.7 Å². The maximum Gasteiger partial charge on any atom is 0.239 e. The summed E-state index contributed by atoms with van der Waals surface area (Å²) in [4.78, 5) is 17.1. The molecular weight excluding hydrogens is 292 g/mol. The van der Waals surface area contributed by atoms with Crippen LogP contribution in [-0.4, -0.2) is 72.4 Å². The van der Waals surface area contributed by atoms with Crippen molar-refractivity contribution in [1.29, 1.82) is 0 Å². The third-order valence-electron chi connectivity index (χ3n) is 5.51. The second-order valence-corrected chi connectivity index (χ2v) is 7.10. The van der Waals surface area contributed by atoms with Crippen molar-refractivity contribution in [3.05, 3.63) is 0 Å². The van der Waals surface area contributed by atoms with Gasteiger partial charge in [-0.15, -0.1) is 0 Å². The zero-order valence-electron chi connectivity index (χ0n) is 14.9. The van der Waals surface area contributed by atoms with E-state index >= 15 is 0 Å². The van der Waals surface area contributed by atoms with Crippen LogP contribution >= 0.6 is 0 Å². The van der Waals surface area contributed by atoms with E-state index in [4.69, 9.17) is 9.84 Å². The summed E-state index contributed by atoms with van der Waals surface area (Å²) in [6, 6.07) is 0.415. The van der Waals surface area contributed by atoms with E-state index in [-0.39, 0.29) is 24.7 Å². The van der Waals surface area contributed by atoms with Crippen LogP contribution in [0.3, 0.4) is 0 Å². The second kappa shape index (κ2) is 9.60. The van der Waals surface area contributed by atoms with Crippen molar-refractivity contribution >= 4 is 5.91 Å². The van der Waals surface area contributed by atoms with Gasteiger partial charge in [-0.25, -0.2) is 0 Å². The van der Waals surface area contributed by atoms with Crippen molar-refractivity contribution in [1.82, 2.24) is 9.80 Å². The second-order valence-electron chi connectivity index (χ2n) is 7.10. The van der Waals surface area contributed by atoms with Crippen molar-refractivity contribution in [2.24, 2.45) is 0 Å². The lowest BCUT2D eigenvalue weighted by Crippen LogP contribution is -2.52. The average Bonchev–Trinajstić information content (AvgIpc) is 2.61. The van der Waals surface area contributed by atoms with E-state index in [1.54, 1.807) is 0 Å². The molecule has 2 fully saturated rings. The van der Waals surface area contributed by atoms with Crippen LogP contribution in [0.15, 0.2) is 0 Å². The first kappa shape index (κ1) is 18.7. The van der Waals surface area contributed by atoms with Gasteiger partial charge in [-0.1, -0.05) is 19.3 Å². The fraction of sp³-hybridized carbons (Fsp3) is 0.944. The Kier molecular flexibility index (Phi) is 7.80. The number of nitrogens with zero attached hydrogens (tertiary/aromatic N) is 2. The van der Waals surface area contributed by atoms with Crippen LogP contribution in [0.2, 0.25) is 0 Å². The first-order valence-electron chi connectivity index (χ1n) is 9.36. The van der Waals surface area contributed by atoms with Gasteiger partial charge in [-0.05, 0) is 39.0 Å². The lowest BCUT2D eigenvalue weighted by molar-refractivity contribution is -0.139. The Morgan fingerprint density at radius 1 is 1.22 bits per heavy atom. The Hall–Kier alpha value is -0.650. The Balaban J connectivity index is 1.74. The molecule has 1 unspecified atom stereocenters. The average molecular weight is 326 g/mol. The molecule has 134 valence electrons. The molecular formula is C18H34N2O3. The number of carbonyl (C=O) groups excluding carboxylic acids is 1. The number of aliphatic hydroxyl groups is 1. The maximum atomic E-state index is 12.8. The normalized spacial score (nSPS) is 22.9. The lowest BCUT2D eigenvalue weighted by atomic mass is 9.94. The van der Waals surface area contributed by atoms with Gasteiger partial charge in [-0.2, -0.15) is 0 Å². The standard InChI is InChI=1S/C18H34N2O3/c1-15(18(22)19(2)16-7-4-3-5-8-16)20-11-9-17(10-12-20)23-14-6-13-21/h15-17,21H,3-14H2,1-2H3. The van der Waals surface area contributed by atoms with Crippen molar-refractivity contribution in [2.45, 2.75) is 76.5 Å². The number of rotatable bonds is 7. The summed E-state index contributed by atoms with van der Waals surface area (Å²) in [6.07, 6.45) is 9.12. The highest BCUT2D eigenvalue weighted by Crippen LogP contribution is 2.23. The summed E-state index contributed by atoms with van der Waals surface area (Å²) in [6.45, 7) is 4.73. The van der Waals surface area contributed by atoms with Crippen LogP contribution in [0, 0.1) is 0 Å². The molecule has 2 rings (SSSR count). The summed E-state index contributed by atoms with van der Waals surface area (Å²) in [5.41, 5.74) is 0. The molecule has 0 aromatic heterocycles. The molecule has 1 aliphatic heterocycles. The van der Waals surface area contributed by atoms with Crippen LogP contribution in [0.5, 0.6) is 0 Å². The van der Waals surface area contributed by atoms with E-state index in [1.165, 1.54) is 19.3 Å². The van der Waals surface area contributed by atoms with E-state index in [2.05, 4.69) is 11.8 Å². The number of hydrogen-bond acceptors (Lipinski definition) is 4. The van der Waals surface area contributed by atoms with Gasteiger partial charge in [0.05, 0.1) is 12.1 Å². The van der Waals surface area contributed by atoms with Gasteiger partial charge in [0.2, 0.25) is 5.91 Å². The minimum atomic E-state index is -0.0275. The summed E-state index contributed by atoms with van der Waals surface area (Å²) >= 11 is 0. The lowest BCUT2D eigenvalue weighted by Gasteiger charge is -2.39. The van der Waals surface area contributed by atoms with Gasteiger partial charge in [0.15, 0.2) is 0 Å². The first-order chi connectivity index (χ1) is 11.1. The predicted octanol–water partition coefficient (Wildman–Crippen LogP) is 2.03. The number of piperidine rings is 1.